The molecule has 20 heavy (non-hydrogen) atoms. The van der Waals surface area contributed by atoms with Crippen LogP contribution in [0.15, 0.2) is 41.3 Å². The maximum absolute atomic E-state index is 13.7. The second kappa shape index (κ2) is 6.43. The molecule has 0 heterocycles. The topological polar surface area (TPSA) is 43.1 Å². The first kappa shape index (κ1) is 15.1. The van der Waals surface area contributed by atoms with Crippen molar-refractivity contribution in [2.45, 2.75) is 17.2 Å². The zero-order valence-electron chi connectivity index (χ0n) is 10.4. The molecule has 0 spiro atoms. The number of hydrogen-bond donors (Lipinski definition) is 1. The van der Waals surface area contributed by atoms with Gasteiger partial charge in [0.25, 0.3) is 0 Å². The van der Waals surface area contributed by atoms with Gasteiger partial charge in [0.2, 0.25) is 0 Å². The molecule has 0 amide bonds. The van der Waals surface area contributed by atoms with Crippen molar-refractivity contribution in [3.63, 3.8) is 0 Å². The molecule has 0 fully saturated rings. The van der Waals surface area contributed by atoms with E-state index in [0.29, 0.717) is 10.5 Å². The van der Waals surface area contributed by atoms with Gasteiger partial charge in [-0.25, -0.2) is 8.78 Å². The van der Waals surface area contributed by atoms with E-state index in [4.69, 9.17) is 17.3 Å². The van der Waals surface area contributed by atoms with Crippen LogP contribution in [0.2, 0.25) is 5.02 Å². The number of hydrogen-bond acceptors (Lipinski definition) is 2. The summed E-state index contributed by atoms with van der Waals surface area (Å²) in [5.41, 5.74) is 6.56. The van der Waals surface area contributed by atoms with E-state index in [-0.39, 0.29) is 17.3 Å². The molecule has 2 aromatic carbocycles. The van der Waals surface area contributed by atoms with Gasteiger partial charge in [0.05, 0.1) is 21.6 Å². The van der Waals surface area contributed by atoms with Crippen LogP contribution in [0.3, 0.4) is 0 Å². The zero-order valence-corrected chi connectivity index (χ0v) is 12.0. The molecule has 0 aliphatic rings. The van der Waals surface area contributed by atoms with Crippen molar-refractivity contribution in [2.24, 2.45) is 5.73 Å². The van der Waals surface area contributed by atoms with Crippen LogP contribution in [0.25, 0.3) is 0 Å². The van der Waals surface area contributed by atoms with Crippen LogP contribution in [-0.4, -0.2) is 4.21 Å². The van der Waals surface area contributed by atoms with Gasteiger partial charge in [-0.15, -0.1) is 0 Å². The second-order valence-electron chi connectivity index (χ2n) is 4.20. The first-order valence-corrected chi connectivity index (χ1v) is 7.51. The highest BCUT2D eigenvalue weighted by molar-refractivity contribution is 7.84. The van der Waals surface area contributed by atoms with Crippen LogP contribution in [-0.2, 0) is 23.1 Å². The molecular weight excluding hydrogens is 304 g/mol. The standard InChI is InChI=1S/C14H12ClF2NOS/c15-12-6-11(2-4-14(12)17)20(19)8-10-5-9(7-18)1-3-13(10)16/h1-6H,7-8,18H2. The van der Waals surface area contributed by atoms with Crippen molar-refractivity contribution in [2.75, 3.05) is 0 Å². The third kappa shape index (κ3) is 3.42. The van der Waals surface area contributed by atoms with Gasteiger partial charge in [-0.2, -0.15) is 0 Å². The average Bonchev–Trinajstić information content (AvgIpc) is 2.44. The average molecular weight is 316 g/mol. The van der Waals surface area contributed by atoms with Crippen LogP contribution in [0.4, 0.5) is 8.78 Å². The number of rotatable bonds is 4. The van der Waals surface area contributed by atoms with E-state index in [9.17, 15) is 13.0 Å². The Kier molecular flexibility index (Phi) is 4.86. The first-order valence-electron chi connectivity index (χ1n) is 5.82. The van der Waals surface area contributed by atoms with E-state index in [1.54, 1.807) is 12.1 Å². The lowest BCUT2D eigenvalue weighted by Crippen LogP contribution is -2.03. The molecule has 0 radical (unpaired) electrons. The van der Waals surface area contributed by atoms with Gasteiger partial charge < -0.3 is 5.73 Å². The number of benzene rings is 2. The van der Waals surface area contributed by atoms with Crippen molar-refractivity contribution in [1.82, 2.24) is 0 Å². The van der Waals surface area contributed by atoms with Crippen LogP contribution < -0.4 is 5.73 Å². The van der Waals surface area contributed by atoms with Gasteiger partial charge in [-0.3, -0.25) is 4.21 Å². The minimum absolute atomic E-state index is 0.0123. The van der Waals surface area contributed by atoms with E-state index in [2.05, 4.69) is 0 Å². The molecule has 106 valence electrons. The van der Waals surface area contributed by atoms with Crippen molar-refractivity contribution in [3.05, 3.63) is 64.2 Å². The third-order valence-corrected chi connectivity index (χ3v) is 4.43. The summed E-state index contributed by atoms with van der Waals surface area (Å²) in [6, 6.07) is 8.27. The molecule has 0 saturated carbocycles. The maximum Gasteiger partial charge on any atom is 0.141 e. The second-order valence-corrected chi connectivity index (χ2v) is 6.05. The highest BCUT2D eigenvalue weighted by Gasteiger charge is 2.11. The Morgan fingerprint density at radius 2 is 1.80 bits per heavy atom. The minimum Gasteiger partial charge on any atom is -0.326 e. The van der Waals surface area contributed by atoms with Crippen LogP contribution >= 0.6 is 11.6 Å². The lowest BCUT2D eigenvalue weighted by atomic mass is 10.1. The van der Waals surface area contributed by atoms with Crippen molar-refractivity contribution in [1.29, 1.82) is 0 Å². The van der Waals surface area contributed by atoms with Gasteiger partial charge >= 0.3 is 0 Å². The lowest BCUT2D eigenvalue weighted by Gasteiger charge is -2.07. The predicted octanol–water partition coefficient (Wildman–Crippen LogP) is 3.38. The Morgan fingerprint density at radius 1 is 1.10 bits per heavy atom. The Bertz CT molecular complexity index is 664. The fourth-order valence-corrected chi connectivity index (χ4v) is 3.09. The molecule has 2 nitrogen and oxygen atoms in total. The summed E-state index contributed by atoms with van der Waals surface area (Å²) in [7, 11) is -1.51. The molecule has 0 aliphatic heterocycles. The molecule has 1 atom stereocenters. The largest absolute Gasteiger partial charge is 0.326 e. The van der Waals surface area contributed by atoms with Gasteiger partial charge in [0.15, 0.2) is 0 Å². The highest BCUT2D eigenvalue weighted by atomic mass is 35.5. The third-order valence-electron chi connectivity index (χ3n) is 2.79. The van der Waals surface area contributed by atoms with E-state index in [1.807, 2.05) is 0 Å². The summed E-state index contributed by atoms with van der Waals surface area (Å²) in [6.07, 6.45) is 0. The summed E-state index contributed by atoms with van der Waals surface area (Å²) in [4.78, 5) is 0.356. The Hall–Kier alpha value is -1.30. The quantitative estimate of drug-likeness (QED) is 0.940. The molecule has 2 aromatic rings. The Labute approximate surface area is 123 Å². The fourth-order valence-electron chi connectivity index (χ4n) is 1.71. The molecule has 6 heteroatoms. The van der Waals surface area contributed by atoms with E-state index >= 15 is 0 Å². The smallest absolute Gasteiger partial charge is 0.141 e. The van der Waals surface area contributed by atoms with E-state index < -0.39 is 22.4 Å². The number of halogens is 3. The molecule has 0 saturated heterocycles. The summed E-state index contributed by atoms with van der Waals surface area (Å²) < 4.78 is 38.9. The van der Waals surface area contributed by atoms with Gasteiger partial charge in [0, 0.05) is 17.0 Å². The molecule has 0 aromatic heterocycles. The molecule has 2 rings (SSSR count). The Morgan fingerprint density at radius 3 is 2.45 bits per heavy atom. The molecule has 0 aliphatic carbocycles. The van der Waals surface area contributed by atoms with Gasteiger partial charge in [-0.1, -0.05) is 23.7 Å². The summed E-state index contributed by atoms with van der Waals surface area (Å²) in [5, 5.41) is -0.105. The monoisotopic (exact) mass is 315 g/mol. The minimum atomic E-state index is -1.51. The molecule has 0 bridgehead atoms. The van der Waals surface area contributed by atoms with Crippen LogP contribution in [0, 0.1) is 11.6 Å². The SMILES string of the molecule is NCc1ccc(F)c(CS(=O)c2ccc(F)c(Cl)c2)c1. The molecular formula is C14H12ClF2NOS. The van der Waals surface area contributed by atoms with Crippen molar-refractivity contribution in [3.8, 4) is 0 Å². The lowest BCUT2D eigenvalue weighted by molar-refractivity contribution is 0.614. The van der Waals surface area contributed by atoms with Crippen molar-refractivity contribution >= 4 is 22.4 Å². The van der Waals surface area contributed by atoms with E-state index in [1.165, 1.54) is 18.2 Å². The fraction of sp³-hybridized carbons (Fsp3) is 0.143. The zero-order chi connectivity index (χ0) is 14.7. The van der Waals surface area contributed by atoms with Gasteiger partial charge in [-0.05, 0) is 29.8 Å². The normalized spacial score (nSPS) is 12.4. The summed E-state index contributed by atoms with van der Waals surface area (Å²) in [5.74, 6) is -1.03. The maximum atomic E-state index is 13.7. The molecule has 1 unspecified atom stereocenters. The molecule has 2 N–H and O–H groups in total. The van der Waals surface area contributed by atoms with E-state index in [0.717, 1.165) is 11.6 Å². The van der Waals surface area contributed by atoms with Crippen LogP contribution in [0.1, 0.15) is 11.1 Å². The summed E-state index contributed by atoms with van der Waals surface area (Å²) in [6.45, 7) is 0.280. The van der Waals surface area contributed by atoms with Crippen molar-refractivity contribution < 1.29 is 13.0 Å². The Balaban J connectivity index is 2.25. The summed E-state index contributed by atoms with van der Waals surface area (Å²) >= 11 is 5.64. The number of nitrogens with two attached hydrogens (primary N) is 1. The predicted molar refractivity (Wildman–Crippen MR) is 75.8 cm³/mol. The van der Waals surface area contributed by atoms with Gasteiger partial charge in [0.1, 0.15) is 11.6 Å². The first-order chi connectivity index (χ1) is 9.51. The van der Waals surface area contributed by atoms with Crippen LogP contribution in [0.5, 0.6) is 0 Å². The highest BCUT2D eigenvalue weighted by Crippen LogP contribution is 2.21.